The number of fused-ring (bicyclic) bond motifs is 1. The molecule has 1 aliphatic rings. The Labute approximate surface area is 226 Å². The predicted molar refractivity (Wildman–Crippen MR) is 151 cm³/mol. The molecule has 0 saturated heterocycles. The Hall–Kier alpha value is -1.07. The van der Waals surface area contributed by atoms with E-state index in [1.807, 2.05) is 20.8 Å². The van der Waals surface area contributed by atoms with Gasteiger partial charge < -0.3 is 19.3 Å². The molecule has 0 unspecified atom stereocenters. The van der Waals surface area contributed by atoms with E-state index in [1.54, 1.807) is 0 Å². The molecule has 0 radical (unpaired) electrons. The highest BCUT2D eigenvalue weighted by molar-refractivity contribution is 7.46. The summed E-state index contributed by atoms with van der Waals surface area (Å²) >= 11 is 0. The van der Waals surface area contributed by atoms with E-state index in [-0.39, 0.29) is 5.60 Å². The SMILES string of the molecule is Cc1c(C)c2c(c(C)c1OCOP(=O)(O)O)CC[C@@](C)(CCC[C@H](C)CCC[C@H](C)CCCC(C)C)O2. The molecule has 1 aromatic carbocycles. The minimum absolute atomic E-state index is 0.173. The molecule has 37 heavy (non-hydrogen) atoms. The first-order chi connectivity index (χ1) is 17.2. The third-order valence-corrected chi connectivity index (χ3v) is 8.70. The molecule has 0 spiro atoms. The molecule has 0 bridgehead atoms. The van der Waals surface area contributed by atoms with Crippen molar-refractivity contribution in [2.75, 3.05) is 6.79 Å². The van der Waals surface area contributed by atoms with Crippen molar-refractivity contribution < 1.29 is 28.3 Å². The normalized spacial score (nSPS) is 19.4. The fourth-order valence-electron chi connectivity index (χ4n) is 5.63. The van der Waals surface area contributed by atoms with Gasteiger partial charge in [-0.1, -0.05) is 72.6 Å². The third kappa shape index (κ3) is 10.5. The summed E-state index contributed by atoms with van der Waals surface area (Å²) in [4.78, 5) is 17.9. The number of phosphoric ester groups is 1. The van der Waals surface area contributed by atoms with Crippen LogP contribution in [0, 0.1) is 38.5 Å². The maximum atomic E-state index is 11.0. The second kappa shape index (κ2) is 14.4. The number of hydrogen-bond donors (Lipinski definition) is 2. The Kier molecular flexibility index (Phi) is 12.5. The summed E-state index contributed by atoms with van der Waals surface area (Å²) in [5.74, 6) is 4.00. The van der Waals surface area contributed by atoms with Crippen molar-refractivity contribution in [3.8, 4) is 11.5 Å². The van der Waals surface area contributed by atoms with Crippen molar-refractivity contribution in [3.05, 3.63) is 22.3 Å². The van der Waals surface area contributed by atoms with E-state index in [1.165, 1.54) is 51.4 Å². The van der Waals surface area contributed by atoms with Crippen molar-refractivity contribution >= 4 is 7.82 Å². The van der Waals surface area contributed by atoms with Crippen LogP contribution in [-0.2, 0) is 15.5 Å². The lowest BCUT2D eigenvalue weighted by Gasteiger charge is -2.38. The molecule has 0 fully saturated rings. The van der Waals surface area contributed by atoms with Crippen molar-refractivity contribution in [1.82, 2.24) is 0 Å². The molecule has 6 nitrogen and oxygen atoms in total. The van der Waals surface area contributed by atoms with Crippen LogP contribution < -0.4 is 9.47 Å². The molecule has 1 aliphatic heterocycles. The van der Waals surface area contributed by atoms with Gasteiger partial charge in [0.2, 0.25) is 0 Å². The van der Waals surface area contributed by atoms with E-state index in [0.29, 0.717) is 5.75 Å². The smallest absolute Gasteiger partial charge is 0.472 e. The van der Waals surface area contributed by atoms with Crippen LogP contribution in [-0.4, -0.2) is 22.2 Å². The van der Waals surface area contributed by atoms with Crippen LogP contribution in [0.4, 0.5) is 0 Å². The summed E-state index contributed by atoms with van der Waals surface area (Å²) in [7, 11) is -4.57. The topological polar surface area (TPSA) is 85.2 Å². The Balaban J connectivity index is 1.84. The van der Waals surface area contributed by atoms with Gasteiger partial charge in [-0.3, -0.25) is 0 Å². The van der Waals surface area contributed by atoms with Crippen LogP contribution in [0.1, 0.15) is 121 Å². The zero-order valence-corrected chi connectivity index (χ0v) is 25.6. The summed E-state index contributed by atoms with van der Waals surface area (Å²) < 4.78 is 27.8. The van der Waals surface area contributed by atoms with E-state index in [4.69, 9.17) is 19.3 Å². The molecular formula is C30H53O6P. The monoisotopic (exact) mass is 540 g/mol. The fourth-order valence-corrected chi connectivity index (χ4v) is 5.82. The maximum Gasteiger partial charge on any atom is 0.472 e. The largest absolute Gasteiger partial charge is 0.487 e. The molecule has 0 aliphatic carbocycles. The number of rotatable bonds is 16. The summed E-state index contributed by atoms with van der Waals surface area (Å²) in [6, 6.07) is 0. The van der Waals surface area contributed by atoms with Crippen molar-refractivity contribution in [3.63, 3.8) is 0 Å². The zero-order chi connectivity index (χ0) is 27.8. The number of ether oxygens (including phenoxy) is 2. The second-order valence-electron chi connectivity index (χ2n) is 12.3. The van der Waals surface area contributed by atoms with E-state index in [9.17, 15) is 4.57 Å². The van der Waals surface area contributed by atoms with Crippen molar-refractivity contribution in [2.24, 2.45) is 17.8 Å². The Morgan fingerprint density at radius 3 is 2.03 bits per heavy atom. The van der Waals surface area contributed by atoms with Gasteiger partial charge in [0.1, 0.15) is 17.1 Å². The number of hydrogen-bond acceptors (Lipinski definition) is 4. The van der Waals surface area contributed by atoms with Gasteiger partial charge in [-0.15, -0.1) is 0 Å². The van der Waals surface area contributed by atoms with Gasteiger partial charge in [-0.05, 0) is 87.8 Å². The van der Waals surface area contributed by atoms with Crippen LogP contribution in [0.15, 0.2) is 0 Å². The Morgan fingerprint density at radius 1 is 0.892 bits per heavy atom. The summed E-state index contributed by atoms with van der Waals surface area (Å²) in [6.45, 7) is 17.2. The van der Waals surface area contributed by atoms with Crippen molar-refractivity contribution in [2.45, 2.75) is 132 Å². The standard InChI is InChI=1S/C30H53O6P/c1-21(2)12-9-13-22(3)14-10-15-23(4)16-11-18-30(8)19-17-27-26(7)28(34-20-35-37(31,32)33)24(5)25(6)29(27)36-30/h21-23H,9-20H2,1-8H3,(H2,31,32,33)/t22-,23-,30-/m1/s1. The van der Waals surface area contributed by atoms with E-state index < -0.39 is 14.6 Å². The van der Waals surface area contributed by atoms with Gasteiger partial charge in [0, 0.05) is 5.56 Å². The second-order valence-corrected chi connectivity index (χ2v) is 13.5. The first-order valence-electron chi connectivity index (χ1n) is 14.4. The molecule has 1 heterocycles. The summed E-state index contributed by atoms with van der Waals surface area (Å²) in [6.07, 6.45) is 13.4. The molecule has 0 aromatic heterocycles. The van der Waals surface area contributed by atoms with Crippen molar-refractivity contribution in [1.29, 1.82) is 0 Å². The van der Waals surface area contributed by atoms with Gasteiger partial charge in [0.25, 0.3) is 0 Å². The van der Waals surface area contributed by atoms with Gasteiger partial charge in [-0.25, -0.2) is 9.09 Å². The van der Waals surface area contributed by atoms with Gasteiger partial charge in [0.15, 0.2) is 6.79 Å². The minimum Gasteiger partial charge on any atom is -0.487 e. The van der Waals surface area contributed by atoms with E-state index in [2.05, 4.69) is 39.1 Å². The number of phosphoric acid groups is 1. The third-order valence-electron chi connectivity index (χ3n) is 8.26. The van der Waals surface area contributed by atoms with Crippen LogP contribution in [0.3, 0.4) is 0 Å². The number of benzene rings is 1. The van der Waals surface area contributed by atoms with Gasteiger partial charge >= 0.3 is 7.82 Å². The average Bonchev–Trinajstić information content (AvgIpc) is 2.78. The van der Waals surface area contributed by atoms with Gasteiger partial charge in [-0.2, -0.15) is 0 Å². The lowest BCUT2D eigenvalue weighted by molar-refractivity contribution is 0.0502. The molecule has 0 amide bonds. The molecule has 7 heteroatoms. The quantitative estimate of drug-likeness (QED) is 0.161. The van der Waals surface area contributed by atoms with E-state index >= 15 is 0 Å². The summed E-state index contributed by atoms with van der Waals surface area (Å²) in [5, 5.41) is 0. The molecule has 1 aromatic rings. The highest BCUT2D eigenvalue weighted by Crippen LogP contribution is 2.45. The average molecular weight is 541 g/mol. The van der Waals surface area contributed by atoms with Crippen LogP contribution >= 0.6 is 7.82 Å². The molecular weight excluding hydrogens is 487 g/mol. The van der Waals surface area contributed by atoms with Crippen LogP contribution in [0.25, 0.3) is 0 Å². The Morgan fingerprint density at radius 2 is 1.46 bits per heavy atom. The molecule has 3 atom stereocenters. The first kappa shape index (κ1) is 32.1. The lowest BCUT2D eigenvalue weighted by Crippen LogP contribution is -2.37. The molecule has 214 valence electrons. The maximum absolute atomic E-state index is 11.0. The zero-order valence-electron chi connectivity index (χ0n) is 24.7. The molecule has 2 rings (SSSR count). The first-order valence-corrected chi connectivity index (χ1v) is 15.9. The fraction of sp³-hybridized carbons (Fsp3) is 0.800. The highest BCUT2D eigenvalue weighted by atomic mass is 31.2. The molecule has 2 N–H and O–H groups in total. The Bertz CT molecular complexity index is 908. The predicted octanol–water partition coefficient (Wildman–Crippen LogP) is 8.58. The minimum atomic E-state index is -4.57. The summed E-state index contributed by atoms with van der Waals surface area (Å²) in [5.41, 5.74) is 3.85. The van der Waals surface area contributed by atoms with Crippen LogP contribution in [0.5, 0.6) is 11.5 Å². The van der Waals surface area contributed by atoms with Gasteiger partial charge in [0.05, 0.1) is 0 Å². The van der Waals surface area contributed by atoms with E-state index in [0.717, 1.165) is 65.0 Å². The van der Waals surface area contributed by atoms with Crippen LogP contribution in [0.2, 0.25) is 0 Å². The lowest BCUT2D eigenvalue weighted by atomic mass is 9.83. The highest BCUT2D eigenvalue weighted by Gasteiger charge is 2.34. The molecule has 0 saturated carbocycles.